The first-order valence-electron chi connectivity index (χ1n) is 7.98. The molecule has 1 amide bonds. The van der Waals surface area contributed by atoms with Crippen LogP contribution >= 0.6 is 0 Å². The van der Waals surface area contributed by atoms with Crippen LogP contribution in [0.1, 0.15) is 41.6 Å². The van der Waals surface area contributed by atoms with Crippen molar-refractivity contribution in [3.05, 3.63) is 35.4 Å². The molecular formula is C17H29N3O2. The Morgan fingerprint density at radius 2 is 1.95 bits per heavy atom. The van der Waals surface area contributed by atoms with E-state index in [2.05, 4.69) is 4.90 Å². The molecule has 0 aliphatic carbocycles. The van der Waals surface area contributed by atoms with Gasteiger partial charge >= 0.3 is 0 Å². The van der Waals surface area contributed by atoms with Crippen LogP contribution in [0.4, 0.5) is 0 Å². The number of likely N-dealkylation sites (N-methyl/N-ethyl adjacent to an activating group) is 1. The Balaban J connectivity index is 2.14. The maximum absolute atomic E-state index is 11.2. The molecule has 4 N–H and O–H groups in total. The summed E-state index contributed by atoms with van der Waals surface area (Å²) in [5, 5.41) is 0. The van der Waals surface area contributed by atoms with Gasteiger partial charge in [0.05, 0.1) is 6.61 Å². The number of rotatable bonds is 12. The fourth-order valence-electron chi connectivity index (χ4n) is 2.24. The molecule has 0 saturated heterocycles. The zero-order valence-electron chi connectivity index (χ0n) is 13.6. The van der Waals surface area contributed by atoms with Crippen molar-refractivity contribution in [2.75, 3.05) is 33.4 Å². The number of amides is 1. The lowest BCUT2D eigenvalue weighted by Crippen LogP contribution is -2.23. The Morgan fingerprint density at radius 1 is 1.18 bits per heavy atom. The van der Waals surface area contributed by atoms with Crippen LogP contribution in [0.25, 0.3) is 0 Å². The summed E-state index contributed by atoms with van der Waals surface area (Å²) in [4.78, 5) is 13.3. The first-order chi connectivity index (χ1) is 10.6. The highest BCUT2D eigenvalue weighted by atomic mass is 16.5. The molecule has 5 heteroatoms. The molecule has 1 aromatic carbocycles. The van der Waals surface area contributed by atoms with Crippen molar-refractivity contribution in [2.24, 2.45) is 11.5 Å². The van der Waals surface area contributed by atoms with E-state index in [4.69, 9.17) is 16.2 Å². The zero-order chi connectivity index (χ0) is 16.2. The highest BCUT2D eigenvalue weighted by molar-refractivity contribution is 5.92. The number of hydrogen-bond donors (Lipinski definition) is 2. The summed E-state index contributed by atoms with van der Waals surface area (Å²) in [6.45, 7) is 3.96. The minimum Gasteiger partial charge on any atom is -0.380 e. The number of primary amides is 1. The molecule has 124 valence electrons. The van der Waals surface area contributed by atoms with Gasteiger partial charge in [0.15, 0.2) is 0 Å². The maximum atomic E-state index is 11.2. The van der Waals surface area contributed by atoms with Gasteiger partial charge in [0, 0.05) is 25.3 Å². The van der Waals surface area contributed by atoms with Crippen molar-refractivity contribution < 1.29 is 9.53 Å². The van der Waals surface area contributed by atoms with Gasteiger partial charge in [-0.05, 0) is 44.1 Å². The van der Waals surface area contributed by atoms with Crippen LogP contribution in [0.2, 0.25) is 0 Å². The third-order valence-electron chi connectivity index (χ3n) is 3.52. The Hall–Kier alpha value is -1.43. The maximum Gasteiger partial charge on any atom is 0.248 e. The van der Waals surface area contributed by atoms with Crippen LogP contribution in [-0.2, 0) is 11.3 Å². The van der Waals surface area contributed by atoms with Gasteiger partial charge in [-0.3, -0.25) is 9.69 Å². The summed E-state index contributed by atoms with van der Waals surface area (Å²) in [5.74, 6) is -0.387. The van der Waals surface area contributed by atoms with Crippen molar-refractivity contribution in [3.63, 3.8) is 0 Å². The van der Waals surface area contributed by atoms with Gasteiger partial charge in [-0.2, -0.15) is 0 Å². The lowest BCUT2D eigenvalue weighted by molar-refractivity contribution is 0.0999. The predicted octanol–water partition coefficient (Wildman–Crippen LogP) is 1.75. The van der Waals surface area contributed by atoms with Gasteiger partial charge in [0.1, 0.15) is 0 Å². The monoisotopic (exact) mass is 307 g/mol. The minimum absolute atomic E-state index is 0.387. The molecule has 22 heavy (non-hydrogen) atoms. The topological polar surface area (TPSA) is 81.6 Å². The summed E-state index contributed by atoms with van der Waals surface area (Å²) >= 11 is 0. The Morgan fingerprint density at radius 3 is 2.68 bits per heavy atom. The molecule has 0 saturated carbocycles. The van der Waals surface area contributed by atoms with E-state index in [1.165, 1.54) is 12.8 Å². The molecular weight excluding hydrogens is 278 g/mol. The number of hydrogen-bond acceptors (Lipinski definition) is 4. The van der Waals surface area contributed by atoms with Gasteiger partial charge in [0.25, 0.3) is 0 Å². The molecule has 1 aromatic rings. The van der Waals surface area contributed by atoms with E-state index in [0.717, 1.165) is 51.3 Å². The second-order valence-electron chi connectivity index (χ2n) is 5.62. The van der Waals surface area contributed by atoms with Gasteiger partial charge in [-0.1, -0.05) is 25.0 Å². The van der Waals surface area contributed by atoms with Crippen molar-refractivity contribution in [1.29, 1.82) is 0 Å². The molecule has 0 unspecified atom stereocenters. The average molecular weight is 307 g/mol. The molecule has 0 atom stereocenters. The third-order valence-corrected chi connectivity index (χ3v) is 3.52. The molecule has 0 aliphatic rings. The number of ether oxygens (including phenoxy) is 1. The van der Waals surface area contributed by atoms with Gasteiger partial charge in [0.2, 0.25) is 5.91 Å². The summed E-state index contributed by atoms with van der Waals surface area (Å²) < 4.78 is 5.64. The average Bonchev–Trinajstić information content (AvgIpc) is 2.50. The standard InChI is InChI=1S/C17H29N3O2/c1-20(10-12-22-11-5-3-2-4-9-18)14-15-7-6-8-16(13-15)17(19)21/h6-8,13H,2-5,9-12,14,18H2,1H3,(H2,19,21). The smallest absolute Gasteiger partial charge is 0.248 e. The van der Waals surface area contributed by atoms with E-state index in [1.54, 1.807) is 6.07 Å². The van der Waals surface area contributed by atoms with Crippen LogP contribution in [-0.4, -0.2) is 44.2 Å². The van der Waals surface area contributed by atoms with E-state index in [1.807, 2.05) is 25.2 Å². The van der Waals surface area contributed by atoms with Crippen LogP contribution in [0.5, 0.6) is 0 Å². The van der Waals surface area contributed by atoms with E-state index in [9.17, 15) is 4.79 Å². The molecule has 5 nitrogen and oxygen atoms in total. The molecule has 0 fully saturated rings. The van der Waals surface area contributed by atoms with Crippen molar-refractivity contribution >= 4 is 5.91 Å². The largest absolute Gasteiger partial charge is 0.380 e. The lowest BCUT2D eigenvalue weighted by Gasteiger charge is -2.17. The normalized spacial score (nSPS) is 11.0. The fourth-order valence-corrected chi connectivity index (χ4v) is 2.24. The molecule has 1 rings (SSSR count). The number of carbonyl (C=O) groups is 1. The number of unbranched alkanes of at least 4 members (excludes halogenated alkanes) is 3. The SMILES string of the molecule is CN(CCOCCCCCCN)Cc1cccc(C(N)=O)c1. The number of carbonyl (C=O) groups excluding carboxylic acids is 1. The second kappa shape index (κ2) is 11.2. The van der Waals surface area contributed by atoms with Crippen LogP contribution in [0, 0.1) is 0 Å². The Kier molecular flexibility index (Phi) is 9.46. The molecule has 0 bridgehead atoms. The Bertz CT molecular complexity index is 438. The summed E-state index contributed by atoms with van der Waals surface area (Å²) in [5.41, 5.74) is 12.4. The number of nitrogens with two attached hydrogens (primary N) is 2. The van der Waals surface area contributed by atoms with Gasteiger partial charge in [-0.15, -0.1) is 0 Å². The van der Waals surface area contributed by atoms with Crippen molar-refractivity contribution in [3.8, 4) is 0 Å². The molecule has 0 aromatic heterocycles. The van der Waals surface area contributed by atoms with Crippen LogP contribution in [0.15, 0.2) is 24.3 Å². The quantitative estimate of drug-likeness (QED) is 0.576. The summed E-state index contributed by atoms with van der Waals surface area (Å²) in [6, 6.07) is 7.44. The van der Waals surface area contributed by atoms with Crippen LogP contribution < -0.4 is 11.5 Å². The number of nitrogens with zero attached hydrogens (tertiary/aromatic N) is 1. The Labute approximate surface area is 133 Å². The second-order valence-corrected chi connectivity index (χ2v) is 5.62. The van der Waals surface area contributed by atoms with E-state index in [0.29, 0.717) is 5.56 Å². The zero-order valence-corrected chi connectivity index (χ0v) is 13.6. The first kappa shape index (κ1) is 18.6. The number of benzene rings is 1. The summed E-state index contributed by atoms with van der Waals surface area (Å²) in [7, 11) is 2.04. The first-order valence-corrected chi connectivity index (χ1v) is 7.98. The minimum atomic E-state index is -0.387. The fraction of sp³-hybridized carbons (Fsp3) is 0.588. The summed E-state index contributed by atoms with van der Waals surface area (Å²) in [6.07, 6.45) is 4.58. The highest BCUT2D eigenvalue weighted by Crippen LogP contribution is 2.07. The molecule has 0 spiro atoms. The highest BCUT2D eigenvalue weighted by Gasteiger charge is 2.04. The van der Waals surface area contributed by atoms with Gasteiger partial charge < -0.3 is 16.2 Å². The van der Waals surface area contributed by atoms with Gasteiger partial charge in [-0.25, -0.2) is 0 Å². The lowest BCUT2D eigenvalue weighted by atomic mass is 10.1. The van der Waals surface area contributed by atoms with E-state index < -0.39 is 0 Å². The van der Waals surface area contributed by atoms with E-state index in [-0.39, 0.29) is 5.91 Å². The predicted molar refractivity (Wildman–Crippen MR) is 89.6 cm³/mol. The van der Waals surface area contributed by atoms with Crippen LogP contribution in [0.3, 0.4) is 0 Å². The third kappa shape index (κ3) is 8.12. The van der Waals surface area contributed by atoms with Crippen molar-refractivity contribution in [1.82, 2.24) is 4.90 Å². The molecule has 0 aliphatic heterocycles. The van der Waals surface area contributed by atoms with E-state index >= 15 is 0 Å². The molecule has 0 heterocycles. The van der Waals surface area contributed by atoms with Crippen molar-refractivity contribution in [2.45, 2.75) is 32.2 Å². The molecule has 0 radical (unpaired) electrons.